The monoisotopic (exact) mass is 345 g/mol. The first-order chi connectivity index (χ1) is 12.7. The van der Waals surface area contributed by atoms with Gasteiger partial charge in [0.1, 0.15) is 5.82 Å². The van der Waals surface area contributed by atoms with Crippen molar-refractivity contribution in [2.24, 2.45) is 0 Å². The highest BCUT2D eigenvalue weighted by atomic mass is 19.1. The summed E-state index contributed by atoms with van der Waals surface area (Å²) in [5.41, 5.74) is 2.63. The minimum absolute atomic E-state index is 0.226. The molecule has 0 spiro atoms. The number of rotatable bonds is 5. The maximum absolute atomic E-state index is 13.3. The molecule has 0 radical (unpaired) electrons. The van der Waals surface area contributed by atoms with Crippen LogP contribution in [0.5, 0.6) is 0 Å². The molecule has 0 aliphatic heterocycles. The molecule has 0 saturated heterocycles. The van der Waals surface area contributed by atoms with E-state index >= 15 is 0 Å². The van der Waals surface area contributed by atoms with Gasteiger partial charge in [-0.1, -0.05) is 24.3 Å². The molecule has 1 aromatic heterocycles. The van der Waals surface area contributed by atoms with Crippen molar-refractivity contribution >= 4 is 11.6 Å². The number of carbonyl (C=O) groups excluding carboxylic acids is 1. The summed E-state index contributed by atoms with van der Waals surface area (Å²) in [5, 5.41) is 11.8. The summed E-state index contributed by atoms with van der Waals surface area (Å²) in [4.78, 5) is 17.0. The molecule has 0 aliphatic carbocycles. The van der Waals surface area contributed by atoms with Gasteiger partial charge >= 0.3 is 0 Å². The highest BCUT2D eigenvalue weighted by molar-refractivity contribution is 5.96. The number of amides is 1. The summed E-state index contributed by atoms with van der Waals surface area (Å²) >= 11 is 0. The third-order valence-electron chi connectivity index (χ3n) is 4.01. The first-order valence-corrected chi connectivity index (χ1v) is 8.11. The van der Waals surface area contributed by atoms with Crippen LogP contribution in [0, 0.1) is 17.1 Å². The average molecular weight is 345 g/mol. The van der Waals surface area contributed by atoms with Gasteiger partial charge in [0.05, 0.1) is 17.6 Å². The Morgan fingerprint density at radius 3 is 2.65 bits per heavy atom. The Hall–Kier alpha value is -3.52. The smallest absolute Gasteiger partial charge is 0.232 e. The van der Waals surface area contributed by atoms with Crippen LogP contribution >= 0.6 is 0 Å². The van der Waals surface area contributed by atoms with Crippen molar-refractivity contribution in [1.82, 2.24) is 4.98 Å². The van der Waals surface area contributed by atoms with Crippen LogP contribution in [-0.2, 0) is 11.2 Å². The molecule has 128 valence electrons. The molecule has 0 bridgehead atoms. The van der Waals surface area contributed by atoms with Crippen molar-refractivity contribution in [3.63, 3.8) is 0 Å². The number of hydrogen-bond acceptors (Lipinski definition) is 3. The predicted octanol–water partition coefficient (Wildman–Crippen LogP) is 4.06. The number of nitrogens with zero attached hydrogens (tertiary/aromatic N) is 2. The number of carbonyl (C=O) groups is 1. The second kappa shape index (κ2) is 8.04. The lowest BCUT2D eigenvalue weighted by molar-refractivity contribution is -0.117. The lowest BCUT2D eigenvalue weighted by atomic mass is 9.91. The number of halogens is 1. The van der Waals surface area contributed by atoms with Gasteiger partial charge < -0.3 is 5.32 Å². The highest BCUT2D eigenvalue weighted by Crippen LogP contribution is 2.23. The average Bonchev–Trinajstić information content (AvgIpc) is 2.68. The first-order valence-electron chi connectivity index (χ1n) is 8.11. The van der Waals surface area contributed by atoms with E-state index < -0.39 is 5.92 Å². The zero-order chi connectivity index (χ0) is 18.4. The summed E-state index contributed by atoms with van der Waals surface area (Å²) in [7, 11) is 0. The second-order valence-electron chi connectivity index (χ2n) is 5.85. The summed E-state index contributed by atoms with van der Waals surface area (Å²) in [6.45, 7) is 0. The molecule has 0 saturated carbocycles. The quantitative estimate of drug-likeness (QED) is 0.758. The minimum Gasteiger partial charge on any atom is -0.326 e. The van der Waals surface area contributed by atoms with E-state index in [2.05, 4.69) is 10.3 Å². The Morgan fingerprint density at radius 1 is 1.15 bits per heavy atom. The maximum atomic E-state index is 13.3. The van der Waals surface area contributed by atoms with E-state index in [0.717, 1.165) is 5.56 Å². The van der Waals surface area contributed by atoms with Crippen LogP contribution in [0.3, 0.4) is 0 Å². The van der Waals surface area contributed by atoms with Crippen molar-refractivity contribution in [1.29, 1.82) is 5.26 Å². The van der Waals surface area contributed by atoms with Crippen LogP contribution in [0.25, 0.3) is 0 Å². The molecule has 4 nitrogen and oxygen atoms in total. The number of aromatic nitrogens is 1. The first kappa shape index (κ1) is 17.3. The second-order valence-corrected chi connectivity index (χ2v) is 5.85. The Labute approximate surface area is 150 Å². The highest BCUT2D eigenvalue weighted by Gasteiger charge is 2.21. The van der Waals surface area contributed by atoms with E-state index in [4.69, 9.17) is 5.26 Å². The fourth-order valence-corrected chi connectivity index (χ4v) is 2.71. The lowest BCUT2D eigenvalue weighted by Crippen LogP contribution is -2.23. The summed E-state index contributed by atoms with van der Waals surface area (Å²) in [6, 6.07) is 18.4. The molecule has 1 atom stereocenters. The largest absolute Gasteiger partial charge is 0.326 e. The maximum Gasteiger partial charge on any atom is 0.232 e. The summed E-state index contributed by atoms with van der Waals surface area (Å²) in [6.07, 6.45) is 3.81. The molecule has 1 heterocycles. The van der Waals surface area contributed by atoms with Crippen LogP contribution in [0.4, 0.5) is 10.1 Å². The molecule has 2 aromatic carbocycles. The fraction of sp³-hybridized carbons (Fsp3) is 0.0952. The molecule has 3 aromatic rings. The van der Waals surface area contributed by atoms with Crippen LogP contribution in [0.15, 0.2) is 73.1 Å². The van der Waals surface area contributed by atoms with Gasteiger partial charge in [-0.3, -0.25) is 9.78 Å². The Bertz CT molecular complexity index is 933. The van der Waals surface area contributed by atoms with E-state index in [9.17, 15) is 9.18 Å². The molecule has 26 heavy (non-hydrogen) atoms. The van der Waals surface area contributed by atoms with Gasteiger partial charge in [0.25, 0.3) is 0 Å². The van der Waals surface area contributed by atoms with Crippen molar-refractivity contribution < 1.29 is 9.18 Å². The van der Waals surface area contributed by atoms with Gasteiger partial charge in [0.2, 0.25) is 5.91 Å². The number of nitriles is 1. The molecule has 5 heteroatoms. The van der Waals surface area contributed by atoms with Gasteiger partial charge in [0, 0.05) is 18.1 Å². The fourth-order valence-electron chi connectivity index (χ4n) is 2.71. The third kappa shape index (κ3) is 4.31. The molecule has 1 amide bonds. The summed E-state index contributed by atoms with van der Waals surface area (Å²) in [5.74, 6) is -1.09. The Balaban J connectivity index is 1.87. The molecule has 3 rings (SSSR count). The van der Waals surface area contributed by atoms with E-state index in [1.165, 1.54) is 12.1 Å². The number of benzene rings is 2. The number of pyridine rings is 1. The Kier molecular flexibility index (Phi) is 5.35. The molecular formula is C21H16FN3O. The zero-order valence-electron chi connectivity index (χ0n) is 13.9. The van der Waals surface area contributed by atoms with Crippen LogP contribution in [0.1, 0.15) is 22.6 Å². The molecular weight excluding hydrogens is 329 g/mol. The zero-order valence-corrected chi connectivity index (χ0v) is 13.9. The number of anilines is 1. The molecule has 0 aliphatic rings. The molecule has 1 N–H and O–H groups in total. The van der Waals surface area contributed by atoms with Crippen molar-refractivity contribution in [3.8, 4) is 6.07 Å². The standard InChI is InChI=1S/C21H16FN3O/c22-18-8-6-17(7-9-18)20(12-16-4-2-10-24-14-16)21(26)25-19-5-1-3-15(11-19)13-23/h1-11,14,20H,12H2,(H,25,26). The number of nitrogens with one attached hydrogen (secondary N) is 1. The van der Waals surface area contributed by atoms with Crippen molar-refractivity contribution in [2.45, 2.75) is 12.3 Å². The van der Waals surface area contributed by atoms with Gasteiger partial charge in [0.15, 0.2) is 0 Å². The van der Waals surface area contributed by atoms with Gasteiger partial charge in [-0.05, 0) is 53.9 Å². The molecule has 0 fully saturated rings. The van der Waals surface area contributed by atoms with Crippen LogP contribution in [-0.4, -0.2) is 10.9 Å². The van der Waals surface area contributed by atoms with Crippen molar-refractivity contribution in [2.75, 3.05) is 5.32 Å². The van der Waals surface area contributed by atoms with Gasteiger partial charge in [-0.15, -0.1) is 0 Å². The van der Waals surface area contributed by atoms with Crippen LogP contribution in [0.2, 0.25) is 0 Å². The lowest BCUT2D eigenvalue weighted by Gasteiger charge is -2.17. The van der Waals surface area contributed by atoms with E-state index in [0.29, 0.717) is 23.2 Å². The minimum atomic E-state index is -0.509. The van der Waals surface area contributed by atoms with Gasteiger partial charge in [-0.25, -0.2) is 4.39 Å². The molecule has 1 unspecified atom stereocenters. The Morgan fingerprint density at radius 2 is 1.96 bits per heavy atom. The third-order valence-corrected chi connectivity index (χ3v) is 4.01. The SMILES string of the molecule is N#Cc1cccc(NC(=O)C(Cc2cccnc2)c2ccc(F)cc2)c1. The van der Waals surface area contributed by atoms with Crippen molar-refractivity contribution in [3.05, 3.63) is 95.6 Å². The normalized spacial score (nSPS) is 11.4. The number of hydrogen-bond donors (Lipinski definition) is 1. The van der Waals surface area contributed by atoms with Crippen LogP contribution < -0.4 is 5.32 Å². The van der Waals surface area contributed by atoms with E-state index in [1.807, 2.05) is 18.2 Å². The van der Waals surface area contributed by atoms with Gasteiger partial charge in [-0.2, -0.15) is 5.26 Å². The topological polar surface area (TPSA) is 65.8 Å². The van der Waals surface area contributed by atoms with E-state index in [1.54, 1.807) is 48.8 Å². The summed E-state index contributed by atoms with van der Waals surface area (Å²) < 4.78 is 13.3. The van der Waals surface area contributed by atoms with E-state index in [-0.39, 0.29) is 11.7 Å². The predicted molar refractivity (Wildman–Crippen MR) is 96.9 cm³/mol.